The zero-order valence-corrected chi connectivity index (χ0v) is 11.8. The van der Waals surface area contributed by atoms with E-state index in [1.165, 1.54) is 31.6 Å². The van der Waals surface area contributed by atoms with Crippen molar-refractivity contribution in [2.24, 2.45) is 0 Å². The molecule has 1 aromatic carbocycles. The number of aromatic nitrogens is 1. The molecule has 104 valence electrons. The highest BCUT2D eigenvalue weighted by atomic mass is 16.5. The van der Waals surface area contributed by atoms with E-state index >= 15 is 0 Å². The van der Waals surface area contributed by atoms with Gasteiger partial charge in [0.15, 0.2) is 0 Å². The first kappa shape index (κ1) is 15.6. The number of methoxy groups -OCH3 is 1. The van der Waals surface area contributed by atoms with E-state index in [1.54, 1.807) is 24.3 Å². The van der Waals surface area contributed by atoms with Crippen molar-refractivity contribution in [2.75, 3.05) is 7.11 Å². The van der Waals surface area contributed by atoms with Crippen LogP contribution in [0.1, 0.15) is 34.6 Å². The van der Waals surface area contributed by atoms with Crippen LogP contribution in [0.15, 0.2) is 48.8 Å². The average Bonchev–Trinajstić information content (AvgIpc) is 2.56. The highest BCUT2D eigenvalue weighted by Crippen LogP contribution is 2.14. The summed E-state index contributed by atoms with van der Waals surface area (Å²) in [6.45, 7) is 4.00. The second-order valence-electron chi connectivity index (χ2n) is 3.63. The van der Waals surface area contributed by atoms with Gasteiger partial charge in [0, 0.05) is 23.5 Å². The number of carbonyl (C=O) groups excluding carboxylic acids is 2. The molecule has 0 aliphatic carbocycles. The van der Waals surface area contributed by atoms with Gasteiger partial charge in [0.05, 0.1) is 7.11 Å². The lowest BCUT2D eigenvalue weighted by Crippen LogP contribution is -2.14. The molecule has 4 heteroatoms. The summed E-state index contributed by atoms with van der Waals surface area (Å²) in [6.07, 6.45) is 2.96. The summed E-state index contributed by atoms with van der Waals surface area (Å²) in [6, 6.07) is 9.55. The molecule has 0 saturated heterocycles. The van der Waals surface area contributed by atoms with Gasteiger partial charge in [-0.25, -0.2) is 0 Å². The zero-order valence-electron chi connectivity index (χ0n) is 11.8. The summed E-state index contributed by atoms with van der Waals surface area (Å²) in [7, 11) is 1.51. The van der Waals surface area contributed by atoms with Crippen LogP contribution in [-0.4, -0.2) is 23.7 Å². The second kappa shape index (κ2) is 7.84. The van der Waals surface area contributed by atoms with E-state index in [4.69, 9.17) is 4.74 Å². The predicted octanol–water partition coefficient (Wildman–Crippen LogP) is 3.18. The topological polar surface area (TPSA) is 56.3 Å². The van der Waals surface area contributed by atoms with Crippen molar-refractivity contribution in [3.8, 4) is 5.75 Å². The number of nitrogens with zero attached hydrogens (tertiary/aromatic N) is 1. The van der Waals surface area contributed by atoms with Crippen LogP contribution in [-0.2, 0) is 0 Å². The summed E-state index contributed by atoms with van der Waals surface area (Å²) in [5, 5.41) is 0. The number of rotatable bonds is 4. The summed E-state index contributed by atoms with van der Waals surface area (Å²) in [4.78, 5) is 27.7. The van der Waals surface area contributed by atoms with Crippen molar-refractivity contribution in [2.45, 2.75) is 13.8 Å². The van der Waals surface area contributed by atoms with Gasteiger partial charge >= 0.3 is 0 Å². The maximum Gasteiger partial charge on any atom is 0.233 e. The maximum absolute atomic E-state index is 12.0. The van der Waals surface area contributed by atoms with Crippen molar-refractivity contribution in [3.63, 3.8) is 0 Å². The molecule has 1 aromatic heterocycles. The Labute approximate surface area is 118 Å². The van der Waals surface area contributed by atoms with E-state index in [-0.39, 0.29) is 0 Å². The standard InChI is InChI=1S/C14H11NO3.C2H6/c1-18-12-4-2-3-11(9-12)14(17)13(16)10-5-7-15-8-6-10;1-2/h2-9H,1H3;1-2H3. The zero-order chi connectivity index (χ0) is 15.0. The summed E-state index contributed by atoms with van der Waals surface area (Å²) >= 11 is 0. The van der Waals surface area contributed by atoms with Gasteiger partial charge in [0.2, 0.25) is 11.6 Å². The molecular formula is C16H17NO3. The van der Waals surface area contributed by atoms with Gasteiger partial charge < -0.3 is 4.74 Å². The Morgan fingerprint density at radius 3 is 2.15 bits per heavy atom. The van der Waals surface area contributed by atoms with Gasteiger partial charge in [-0.15, -0.1) is 0 Å². The van der Waals surface area contributed by atoms with Crippen LogP contribution >= 0.6 is 0 Å². The second-order valence-corrected chi connectivity index (χ2v) is 3.63. The summed E-state index contributed by atoms with van der Waals surface area (Å²) in [5.74, 6) is -0.561. The Bertz CT molecular complexity index is 579. The number of ether oxygens (including phenoxy) is 1. The molecule has 4 nitrogen and oxygen atoms in total. The van der Waals surface area contributed by atoms with Crippen LogP contribution in [0.4, 0.5) is 0 Å². The van der Waals surface area contributed by atoms with Crippen LogP contribution in [0.3, 0.4) is 0 Å². The molecule has 2 rings (SSSR count). The Morgan fingerprint density at radius 1 is 0.950 bits per heavy atom. The predicted molar refractivity (Wildman–Crippen MR) is 77.2 cm³/mol. The minimum atomic E-state index is -0.555. The summed E-state index contributed by atoms with van der Waals surface area (Å²) < 4.78 is 5.02. The Hall–Kier alpha value is -2.49. The summed E-state index contributed by atoms with van der Waals surface area (Å²) in [5.41, 5.74) is 0.647. The van der Waals surface area contributed by atoms with Gasteiger partial charge in [0.1, 0.15) is 5.75 Å². The number of carbonyl (C=O) groups is 2. The van der Waals surface area contributed by atoms with Crippen molar-refractivity contribution in [1.29, 1.82) is 0 Å². The monoisotopic (exact) mass is 271 g/mol. The van der Waals surface area contributed by atoms with Crippen LogP contribution in [0.5, 0.6) is 5.75 Å². The third-order valence-electron chi connectivity index (χ3n) is 2.48. The quantitative estimate of drug-likeness (QED) is 0.633. The van der Waals surface area contributed by atoms with Crippen LogP contribution in [0.25, 0.3) is 0 Å². The van der Waals surface area contributed by atoms with E-state index in [0.717, 1.165) is 0 Å². The molecule has 2 aromatic rings. The molecule has 20 heavy (non-hydrogen) atoms. The fourth-order valence-electron chi connectivity index (χ4n) is 1.53. The van der Waals surface area contributed by atoms with Gasteiger partial charge in [-0.3, -0.25) is 14.6 Å². The molecule has 0 amide bonds. The first-order chi connectivity index (χ1) is 9.72. The SMILES string of the molecule is CC.COc1cccc(C(=O)C(=O)c2ccncc2)c1. The highest BCUT2D eigenvalue weighted by molar-refractivity contribution is 6.49. The molecule has 0 atom stereocenters. The molecule has 0 bridgehead atoms. The molecule has 0 saturated carbocycles. The molecular weight excluding hydrogens is 254 g/mol. The lowest BCUT2D eigenvalue weighted by Gasteiger charge is -2.03. The highest BCUT2D eigenvalue weighted by Gasteiger charge is 2.18. The number of Topliss-reactive ketones (excluding diaryl/α,β-unsaturated/α-hetero) is 2. The molecule has 0 aliphatic heterocycles. The van der Waals surface area contributed by atoms with E-state index in [9.17, 15) is 9.59 Å². The van der Waals surface area contributed by atoms with E-state index in [0.29, 0.717) is 16.9 Å². The van der Waals surface area contributed by atoms with Crippen molar-refractivity contribution < 1.29 is 14.3 Å². The first-order valence-electron chi connectivity index (χ1n) is 6.35. The smallest absolute Gasteiger partial charge is 0.233 e. The maximum atomic E-state index is 12.0. The number of pyridine rings is 1. The third kappa shape index (κ3) is 3.75. The minimum absolute atomic E-state index is 0.316. The lowest BCUT2D eigenvalue weighted by atomic mass is 10.0. The Kier molecular flexibility index (Phi) is 6.10. The first-order valence-corrected chi connectivity index (χ1v) is 6.35. The Balaban J connectivity index is 0.000000956. The molecule has 0 spiro atoms. The number of hydrogen-bond acceptors (Lipinski definition) is 4. The fourth-order valence-corrected chi connectivity index (χ4v) is 1.53. The van der Waals surface area contributed by atoms with Crippen LogP contribution < -0.4 is 4.74 Å². The molecule has 0 fully saturated rings. The van der Waals surface area contributed by atoms with Gasteiger partial charge in [-0.05, 0) is 24.3 Å². The van der Waals surface area contributed by atoms with Crippen molar-refractivity contribution >= 4 is 11.6 Å². The van der Waals surface area contributed by atoms with Gasteiger partial charge in [-0.1, -0.05) is 26.0 Å². The number of hydrogen-bond donors (Lipinski definition) is 0. The van der Waals surface area contributed by atoms with E-state index < -0.39 is 11.6 Å². The Morgan fingerprint density at radius 2 is 1.55 bits per heavy atom. The fraction of sp³-hybridized carbons (Fsp3) is 0.188. The van der Waals surface area contributed by atoms with Crippen LogP contribution in [0, 0.1) is 0 Å². The van der Waals surface area contributed by atoms with E-state index in [1.807, 2.05) is 13.8 Å². The van der Waals surface area contributed by atoms with Gasteiger partial charge in [-0.2, -0.15) is 0 Å². The van der Waals surface area contributed by atoms with Crippen molar-refractivity contribution in [3.05, 3.63) is 59.9 Å². The van der Waals surface area contributed by atoms with E-state index in [2.05, 4.69) is 4.98 Å². The molecule has 1 heterocycles. The molecule has 0 aliphatic rings. The minimum Gasteiger partial charge on any atom is -0.497 e. The molecule has 0 unspecified atom stereocenters. The number of ketones is 2. The van der Waals surface area contributed by atoms with Gasteiger partial charge in [0.25, 0.3) is 0 Å². The molecule has 0 radical (unpaired) electrons. The average molecular weight is 271 g/mol. The largest absolute Gasteiger partial charge is 0.497 e. The van der Waals surface area contributed by atoms with Crippen LogP contribution in [0.2, 0.25) is 0 Å². The number of benzene rings is 1. The van der Waals surface area contributed by atoms with Crippen molar-refractivity contribution in [1.82, 2.24) is 4.98 Å². The normalized spacial score (nSPS) is 9.15. The molecule has 0 N–H and O–H groups in total. The lowest BCUT2D eigenvalue weighted by molar-refractivity contribution is 0.0816. The third-order valence-corrected chi connectivity index (χ3v) is 2.48.